The molecular weight excluding hydrogens is 180 g/mol. The fourth-order valence-electron chi connectivity index (χ4n) is 1.68. The highest BCUT2D eigenvalue weighted by atomic mass is 16.5. The van der Waals surface area contributed by atoms with Crippen molar-refractivity contribution in [1.29, 1.82) is 0 Å². The summed E-state index contributed by atoms with van der Waals surface area (Å²) < 4.78 is 6.64. The van der Waals surface area contributed by atoms with Gasteiger partial charge >= 0.3 is 5.97 Å². The molecule has 0 fully saturated rings. The lowest BCUT2D eigenvalue weighted by Gasteiger charge is -2.15. The van der Waals surface area contributed by atoms with Gasteiger partial charge in [-0.3, -0.25) is 0 Å². The number of esters is 1. The Morgan fingerprint density at radius 1 is 1.64 bits per heavy atom. The summed E-state index contributed by atoms with van der Waals surface area (Å²) in [5.41, 5.74) is 2.65. The molecule has 2 heterocycles. The first kappa shape index (κ1) is 8.87. The highest BCUT2D eigenvalue weighted by molar-refractivity contribution is 6.16. The van der Waals surface area contributed by atoms with Gasteiger partial charge in [0.05, 0.1) is 18.4 Å². The number of hydrogen-bond acceptors (Lipinski definition) is 3. The van der Waals surface area contributed by atoms with E-state index >= 15 is 0 Å². The Morgan fingerprint density at radius 2 is 2.43 bits per heavy atom. The average Bonchev–Trinajstić information content (AvgIpc) is 2.59. The zero-order chi connectivity index (χ0) is 10.1. The van der Waals surface area contributed by atoms with Crippen LogP contribution in [0.25, 0.3) is 5.57 Å². The second-order valence-electron chi connectivity index (χ2n) is 3.23. The van der Waals surface area contributed by atoms with Crippen LogP contribution in [0.15, 0.2) is 18.5 Å². The third-order valence-corrected chi connectivity index (χ3v) is 2.36. The normalized spacial score (nSPS) is 14.0. The maximum atomic E-state index is 11.4. The Kier molecular flexibility index (Phi) is 2.04. The van der Waals surface area contributed by atoms with Crippen LogP contribution in [0.3, 0.4) is 0 Å². The number of nitrogens with zero attached hydrogens (tertiary/aromatic N) is 1. The van der Waals surface area contributed by atoms with Gasteiger partial charge in [0.1, 0.15) is 0 Å². The van der Waals surface area contributed by atoms with Crippen LogP contribution in [-0.4, -0.2) is 17.6 Å². The molecule has 0 aliphatic carbocycles. The SMILES string of the molecule is COC(=O)C1=CNCc2ccn(C)c21. The Morgan fingerprint density at radius 3 is 3.14 bits per heavy atom. The second-order valence-corrected chi connectivity index (χ2v) is 3.23. The molecule has 0 spiro atoms. The van der Waals surface area contributed by atoms with Crippen molar-refractivity contribution in [3.05, 3.63) is 29.7 Å². The molecule has 1 aliphatic heterocycles. The van der Waals surface area contributed by atoms with Crippen molar-refractivity contribution in [3.8, 4) is 0 Å². The Hall–Kier alpha value is -1.71. The minimum absolute atomic E-state index is 0.305. The topological polar surface area (TPSA) is 43.3 Å². The minimum Gasteiger partial charge on any atom is -0.465 e. The van der Waals surface area contributed by atoms with E-state index in [0.717, 1.165) is 17.8 Å². The molecule has 1 aromatic rings. The van der Waals surface area contributed by atoms with E-state index in [0.29, 0.717) is 5.57 Å². The second kappa shape index (κ2) is 3.21. The molecule has 1 aliphatic rings. The van der Waals surface area contributed by atoms with Gasteiger partial charge in [0.2, 0.25) is 0 Å². The molecule has 1 N–H and O–H groups in total. The van der Waals surface area contributed by atoms with Gasteiger partial charge in [-0.2, -0.15) is 0 Å². The van der Waals surface area contributed by atoms with Gasteiger partial charge in [-0.15, -0.1) is 0 Å². The number of hydrogen-bond donors (Lipinski definition) is 1. The number of carbonyl (C=O) groups excluding carboxylic acids is 1. The predicted octanol–water partition coefficient (Wildman–Crippen LogP) is 0.642. The highest BCUT2D eigenvalue weighted by Crippen LogP contribution is 2.23. The zero-order valence-corrected chi connectivity index (χ0v) is 8.20. The molecule has 0 radical (unpaired) electrons. The lowest BCUT2D eigenvalue weighted by Crippen LogP contribution is -2.19. The lowest BCUT2D eigenvalue weighted by atomic mass is 10.1. The zero-order valence-electron chi connectivity index (χ0n) is 8.20. The monoisotopic (exact) mass is 192 g/mol. The summed E-state index contributed by atoms with van der Waals surface area (Å²) in [6.07, 6.45) is 3.64. The van der Waals surface area contributed by atoms with E-state index in [2.05, 4.69) is 5.32 Å². The predicted molar refractivity (Wildman–Crippen MR) is 52.2 cm³/mol. The molecule has 14 heavy (non-hydrogen) atoms. The van der Waals surface area contributed by atoms with Gasteiger partial charge in [0.25, 0.3) is 0 Å². The molecule has 0 aromatic carbocycles. The van der Waals surface area contributed by atoms with Gasteiger partial charge in [-0.25, -0.2) is 4.79 Å². The number of aryl methyl sites for hydroxylation is 1. The number of ether oxygens (including phenoxy) is 1. The van der Waals surface area contributed by atoms with E-state index in [1.165, 1.54) is 7.11 Å². The van der Waals surface area contributed by atoms with Gasteiger partial charge in [0, 0.05) is 26.0 Å². The van der Waals surface area contributed by atoms with Crippen LogP contribution < -0.4 is 5.32 Å². The summed E-state index contributed by atoms with van der Waals surface area (Å²) >= 11 is 0. The fourth-order valence-corrected chi connectivity index (χ4v) is 1.68. The standard InChI is InChI=1S/C10H12N2O2/c1-12-4-3-7-5-11-6-8(9(7)12)10(13)14-2/h3-4,6,11H,5H2,1-2H3. The van der Waals surface area contributed by atoms with Gasteiger partial charge in [0.15, 0.2) is 0 Å². The molecule has 0 bridgehead atoms. The van der Waals surface area contributed by atoms with Crippen LogP contribution >= 0.6 is 0 Å². The third-order valence-electron chi connectivity index (χ3n) is 2.36. The number of fused-ring (bicyclic) bond motifs is 1. The largest absolute Gasteiger partial charge is 0.465 e. The summed E-state index contributed by atoms with van der Waals surface area (Å²) in [5.74, 6) is -0.305. The van der Waals surface area contributed by atoms with Crippen LogP contribution in [0.2, 0.25) is 0 Å². The van der Waals surface area contributed by atoms with Crippen LogP contribution in [0.4, 0.5) is 0 Å². The van der Waals surface area contributed by atoms with E-state index in [1.807, 2.05) is 23.9 Å². The molecule has 1 aromatic heterocycles. The molecule has 0 unspecified atom stereocenters. The molecule has 2 rings (SSSR count). The smallest absolute Gasteiger partial charge is 0.341 e. The van der Waals surface area contributed by atoms with E-state index in [-0.39, 0.29) is 5.97 Å². The first-order valence-corrected chi connectivity index (χ1v) is 4.40. The maximum absolute atomic E-state index is 11.4. The van der Waals surface area contributed by atoms with Crippen LogP contribution in [0.1, 0.15) is 11.3 Å². The average molecular weight is 192 g/mol. The lowest BCUT2D eigenvalue weighted by molar-refractivity contribution is -0.133. The molecular formula is C10H12N2O2. The number of aromatic nitrogens is 1. The Bertz CT molecular complexity index is 404. The summed E-state index contributed by atoms with van der Waals surface area (Å²) in [7, 11) is 3.31. The van der Waals surface area contributed by atoms with E-state index < -0.39 is 0 Å². The van der Waals surface area contributed by atoms with Gasteiger partial charge < -0.3 is 14.6 Å². The highest BCUT2D eigenvalue weighted by Gasteiger charge is 2.21. The van der Waals surface area contributed by atoms with Crippen molar-refractivity contribution < 1.29 is 9.53 Å². The third kappa shape index (κ3) is 1.19. The van der Waals surface area contributed by atoms with Crippen molar-refractivity contribution in [2.24, 2.45) is 7.05 Å². The van der Waals surface area contributed by atoms with E-state index in [4.69, 9.17) is 4.74 Å². The number of methoxy groups -OCH3 is 1. The summed E-state index contributed by atoms with van der Waals surface area (Å²) in [4.78, 5) is 11.4. The van der Waals surface area contributed by atoms with Crippen LogP contribution in [0.5, 0.6) is 0 Å². The number of rotatable bonds is 1. The Labute approximate surface area is 82.2 Å². The molecule has 74 valence electrons. The van der Waals surface area contributed by atoms with Crippen LogP contribution in [0, 0.1) is 0 Å². The van der Waals surface area contributed by atoms with E-state index in [1.54, 1.807) is 6.20 Å². The van der Waals surface area contributed by atoms with E-state index in [9.17, 15) is 4.79 Å². The molecule has 0 saturated heterocycles. The quantitative estimate of drug-likeness (QED) is 0.664. The first-order chi connectivity index (χ1) is 6.74. The van der Waals surface area contributed by atoms with Crippen molar-refractivity contribution in [3.63, 3.8) is 0 Å². The Balaban J connectivity index is 2.49. The maximum Gasteiger partial charge on any atom is 0.341 e. The van der Waals surface area contributed by atoms with Crippen molar-refractivity contribution in [1.82, 2.24) is 9.88 Å². The van der Waals surface area contributed by atoms with Gasteiger partial charge in [-0.05, 0) is 11.6 Å². The molecule has 4 heteroatoms. The number of carbonyl (C=O) groups is 1. The van der Waals surface area contributed by atoms with Gasteiger partial charge in [-0.1, -0.05) is 0 Å². The minimum atomic E-state index is -0.305. The summed E-state index contributed by atoms with van der Waals surface area (Å²) in [6, 6.07) is 2.00. The van der Waals surface area contributed by atoms with Crippen LogP contribution in [-0.2, 0) is 23.1 Å². The first-order valence-electron chi connectivity index (χ1n) is 4.40. The van der Waals surface area contributed by atoms with Crippen molar-refractivity contribution in [2.75, 3.05) is 7.11 Å². The number of nitrogens with one attached hydrogen (secondary N) is 1. The van der Waals surface area contributed by atoms with Crippen molar-refractivity contribution >= 4 is 11.5 Å². The molecule has 0 saturated carbocycles. The molecule has 4 nitrogen and oxygen atoms in total. The molecule has 0 amide bonds. The fraction of sp³-hybridized carbons (Fsp3) is 0.300. The molecule has 0 atom stereocenters. The summed E-state index contributed by atoms with van der Waals surface area (Å²) in [5, 5.41) is 3.04. The summed E-state index contributed by atoms with van der Waals surface area (Å²) in [6.45, 7) is 0.761. The van der Waals surface area contributed by atoms with Crippen molar-refractivity contribution in [2.45, 2.75) is 6.54 Å².